The van der Waals surface area contributed by atoms with Crippen LogP contribution in [0.25, 0.3) is 0 Å². The van der Waals surface area contributed by atoms with Crippen molar-refractivity contribution in [1.82, 2.24) is 15.1 Å². The number of carbonyl (C=O) groups excluding carboxylic acids is 3. The minimum absolute atomic E-state index is 0.0170. The SMILES string of the molecule is CC(NC(=O)c1ccc(C(C)(C)C)cc1)C(=O)N1CCC(C(=O)N2CCCCCC2)CC1. The summed E-state index contributed by atoms with van der Waals surface area (Å²) in [6, 6.07) is 6.96. The molecule has 2 aliphatic heterocycles. The van der Waals surface area contributed by atoms with E-state index in [2.05, 4.69) is 26.1 Å². The minimum Gasteiger partial charge on any atom is -0.342 e. The molecule has 32 heavy (non-hydrogen) atoms. The van der Waals surface area contributed by atoms with E-state index in [4.69, 9.17) is 0 Å². The van der Waals surface area contributed by atoms with Gasteiger partial charge in [0.2, 0.25) is 11.8 Å². The van der Waals surface area contributed by atoms with E-state index in [-0.39, 0.29) is 29.1 Å². The minimum atomic E-state index is -0.595. The molecule has 1 atom stereocenters. The summed E-state index contributed by atoms with van der Waals surface area (Å²) in [7, 11) is 0. The van der Waals surface area contributed by atoms with Gasteiger partial charge in [-0.25, -0.2) is 0 Å². The molecule has 0 spiro atoms. The maximum absolute atomic E-state index is 12.9. The van der Waals surface area contributed by atoms with Gasteiger partial charge in [-0.2, -0.15) is 0 Å². The molecule has 1 aromatic rings. The van der Waals surface area contributed by atoms with Crippen molar-refractivity contribution >= 4 is 17.7 Å². The number of rotatable bonds is 4. The third-order valence-corrected chi connectivity index (χ3v) is 6.80. The average Bonchev–Trinajstić information content (AvgIpc) is 3.07. The first-order chi connectivity index (χ1) is 15.2. The summed E-state index contributed by atoms with van der Waals surface area (Å²) in [4.78, 5) is 42.2. The van der Waals surface area contributed by atoms with Gasteiger partial charge in [0, 0.05) is 37.7 Å². The van der Waals surface area contributed by atoms with E-state index in [0.29, 0.717) is 31.5 Å². The second-order valence-corrected chi connectivity index (χ2v) is 10.4. The Kier molecular flexibility index (Phi) is 7.96. The van der Waals surface area contributed by atoms with Crippen LogP contribution in [0.5, 0.6) is 0 Å². The Morgan fingerprint density at radius 3 is 1.97 bits per heavy atom. The zero-order valence-corrected chi connectivity index (χ0v) is 20.2. The Hall–Kier alpha value is -2.37. The molecule has 1 unspecified atom stereocenters. The number of carbonyl (C=O) groups is 3. The highest BCUT2D eigenvalue weighted by molar-refractivity contribution is 5.97. The number of hydrogen-bond donors (Lipinski definition) is 1. The van der Waals surface area contributed by atoms with Gasteiger partial charge in [-0.1, -0.05) is 45.7 Å². The third-order valence-electron chi connectivity index (χ3n) is 6.80. The molecule has 3 amide bonds. The highest BCUT2D eigenvalue weighted by Gasteiger charge is 2.32. The highest BCUT2D eigenvalue weighted by Crippen LogP contribution is 2.23. The Morgan fingerprint density at radius 1 is 0.875 bits per heavy atom. The van der Waals surface area contributed by atoms with Crippen LogP contribution >= 0.6 is 0 Å². The van der Waals surface area contributed by atoms with E-state index in [1.165, 1.54) is 12.8 Å². The third kappa shape index (κ3) is 6.11. The molecule has 2 fully saturated rings. The van der Waals surface area contributed by atoms with E-state index < -0.39 is 6.04 Å². The summed E-state index contributed by atoms with van der Waals surface area (Å²) < 4.78 is 0. The van der Waals surface area contributed by atoms with E-state index >= 15 is 0 Å². The first-order valence-electron chi connectivity index (χ1n) is 12.2. The van der Waals surface area contributed by atoms with Gasteiger partial charge in [0.05, 0.1) is 0 Å². The monoisotopic (exact) mass is 441 g/mol. The fraction of sp³-hybridized carbons (Fsp3) is 0.654. The molecule has 3 rings (SSSR count). The predicted molar refractivity (Wildman–Crippen MR) is 126 cm³/mol. The normalized spacial score (nSPS) is 19.2. The standard InChI is InChI=1S/C26H39N3O3/c1-19(27-23(30)20-9-11-22(12-10-20)26(2,3)4)24(31)29-17-13-21(14-18-29)25(32)28-15-7-5-6-8-16-28/h9-12,19,21H,5-8,13-18H2,1-4H3,(H,27,30). The van der Waals surface area contributed by atoms with Gasteiger partial charge in [-0.15, -0.1) is 0 Å². The molecular weight excluding hydrogens is 402 g/mol. The number of hydrogen-bond acceptors (Lipinski definition) is 3. The first-order valence-corrected chi connectivity index (χ1v) is 12.2. The smallest absolute Gasteiger partial charge is 0.251 e. The topological polar surface area (TPSA) is 69.7 Å². The molecule has 1 N–H and O–H groups in total. The molecule has 0 aliphatic carbocycles. The van der Waals surface area contributed by atoms with Crippen LogP contribution in [0.15, 0.2) is 24.3 Å². The zero-order chi connectivity index (χ0) is 23.3. The summed E-state index contributed by atoms with van der Waals surface area (Å²) in [6.45, 7) is 11.0. The number of amides is 3. The highest BCUT2D eigenvalue weighted by atomic mass is 16.2. The molecule has 1 aromatic carbocycles. The van der Waals surface area contributed by atoms with Crippen molar-refractivity contribution in [1.29, 1.82) is 0 Å². The number of likely N-dealkylation sites (tertiary alicyclic amines) is 2. The fourth-order valence-corrected chi connectivity index (χ4v) is 4.63. The second kappa shape index (κ2) is 10.5. The first kappa shape index (κ1) is 24.3. The van der Waals surface area contributed by atoms with Crippen molar-refractivity contribution in [3.63, 3.8) is 0 Å². The molecule has 0 aromatic heterocycles. The zero-order valence-electron chi connectivity index (χ0n) is 20.2. The predicted octanol–water partition coefficient (Wildman–Crippen LogP) is 3.74. The molecular formula is C26H39N3O3. The van der Waals surface area contributed by atoms with Gasteiger partial charge < -0.3 is 15.1 Å². The quantitative estimate of drug-likeness (QED) is 0.774. The van der Waals surface area contributed by atoms with Crippen LogP contribution in [0, 0.1) is 5.92 Å². The molecule has 0 saturated carbocycles. The molecule has 2 saturated heterocycles. The summed E-state index contributed by atoms with van der Waals surface area (Å²) in [5, 5.41) is 2.84. The van der Waals surface area contributed by atoms with Gasteiger partial charge in [0.25, 0.3) is 5.91 Å². The van der Waals surface area contributed by atoms with Crippen LogP contribution in [-0.2, 0) is 15.0 Å². The largest absolute Gasteiger partial charge is 0.342 e. The summed E-state index contributed by atoms with van der Waals surface area (Å²) in [5.41, 5.74) is 1.74. The van der Waals surface area contributed by atoms with Gasteiger partial charge in [-0.3, -0.25) is 14.4 Å². The van der Waals surface area contributed by atoms with E-state index in [1.54, 1.807) is 11.8 Å². The van der Waals surface area contributed by atoms with Crippen LogP contribution in [0.3, 0.4) is 0 Å². The van der Waals surface area contributed by atoms with Crippen LogP contribution in [-0.4, -0.2) is 59.7 Å². The fourth-order valence-electron chi connectivity index (χ4n) is 4.63. The van der Waals surface area contributed by atoms with Crippen molar-refractivity contribution in [3.8, 4) is 0 Å². The van der Waals surface area contributed by atoms with Crippen LogP contribution in [0.1, 0.15) is 82.1 Å². The molecule has 6 nitrogen and oxygen atoms in total. The number of nitrogens with zero attached hydrogens (tertiary/aromatic N) is 2. The van der Waals surface area contributed by atoms with Crippen molar-refractivity contribution in [2.24, 2.45) is 5.92 Å². The van der Waals surface area contributed by atoms with Crippen LogP contribution in [0.2, 0.25) is 0 Å². The lowest BCUT2D eigenvalue weighted by Gasteiger charge is -2.35. The van der Waals surface area contributed by atoms with Crippen LogP contribution in [0.4, 0.5) is 0 Å². The number of nitrogens with one attached hydrogen (secondary N) is 1. The van der Waals surface area contributed by atoms with Crippen molar-refractivity contribution in [2.75, 3.05) is 26.2 Å². The summed E-state index contributed by atoms with van der Waals surface area (Å²) in [5.74, 6) is -0.0368. The summed E-state index contributed by atoms with van der Waals surface area (Å²) >= 11 is 0. The lowest BCUT2D eigenvalue weighted by atomic mass is 9.86. The van der Waals surface area contributed by atoms with E-state index in [0.717, 1.165) is 31.5 Å². The Balaban J connectivity index is 1.49. The van der Waals surface area contributed by atoms with Crippen molar-refractivity contribution in [3.05, 3.63) is 35.4 Å². The maximum Gasteiger partial charge on any atom is 0.251 e. The lowest BCUT2D eigenvalue weighted by molar-refractivity contribution is -0.141. The summed E-state index contributed by atoms with van der Waals surface area (Å²) in [6.07, 6.45) is 6.02. The van der Waals surface area contributed by atoms with Crippen molar-refractivity contribution < 1.29 is 14.4 Å². The Bertz CT molecular complexity index is 797. The van der Waals surface area contributed by atoms with Gasteiger partial charge in [-0.05, 0) is 55.7 Å². The Labute approximate surface area is 192 Å². The molecule has 2 aliphatic rings. The van der Waals surface area contributed by atoms with Crippen molar-refractivity contribution in [2.45, 2.75) is 77.7 Å². The van der Waals surface area contributed by atoms with E-state index in [9.17, 15) is 14.4 Å². The second-order valence-electron chi connectivity index (χ2n) is 10.4. The van der Waals surface area contributed by atoms with Gasteiger partial charge in [0.1, 0.15) is 6.04 Å². The maximum atomic E-state index is 12.9. The molecule has 0 radical (unpaired) electrons. The van der Waals surface area contributed by atoms with Crippen LogP contribution < -0.4 is 5.32 Å². The molecule has 176 valence electrons. The van der Waals surface area contributed by atoms with Gasteiger partial charge in [0.15, 0.2) is 0 Å². The molecule has 0 bridgehead atoms. The Morgan fingerprint density at radius 2 is 1.44 bits per heavy atom. The number of piperidine rings is 1. The lowest BCUT2D eigenvalue weighted by Crippen LogP contribution is -2.51. The molecule has 6 heteroatoms. The average molecular weight is 442 g/mol. The number of benzene rings is 1. The molecule has 2 heterocycles. The van der Waals surface area contributed by atoms with Gasteiger partial charge >= 0.3 is 0 Å². The van der Waals surface area contributed by atoms with E-state index in [1.807, 2.05) is 29.2 Å².